The van der Waals surface area contributed by atoms with Crippen LogP contribution in [0.4, 0.5) is 8.78 Å². The number of likely N-dealkylation sites (N-methyl/N-ethyl adjacent to an activating group) is 1. The zero-order valence-electron chi connectivity index (χ0n) is 17.6. The van der Waals surface area contributed by atoms with Crippen LogP contribution in [0.3, 0.4) is 0 Å². The molecule has 6 nitrogen and oxygen atoms in total. The molecule has 2 aliphatic rings. The molecular weight excluding hydrogens is 450 g/mol. The van der Waals surface area contributed by atoms with Crippen LogP contribution in [-0.2, 0) is 10.0 Å². The van der Waals surface area contributed by atoms with Gasteiger partial charge in [0.2, 0.25) is 10.0 Å². The summed E-state index contributed by atoms with van der Waals surface area (Å²) in [6, 6.07) is 15.5. The maximum absolute atomic E-state index is 14.3. The van der Waals surface area contributed by atoms with Crippen LogP contribution >= 0.6 is 0 Å². The fourth-order valence-corrected chi connectivity index (χ4v) is 5.83. The normalized spacial score (nSPS) is 20.7. The predicted octanol–water partition coefficient (Wildman–Crippen LogP) is 3.54. The lowest BCUT2D eigenvalue weighted by atomic mass is 10.0. The van der Waals surface area contributed by atoms with E-state index in [0.29, 0.717) is 11.1 Å². The SMILES string of the molecule is CN1C(=O)c2ccc(-c3ccc(F)cc3F)cc2OC2CN(S(=O)(=O)c3ccccc3)CC21. The molecule has 0 aliphatic carbocycles. The number of nitrogens with zero attached hydrogens (tertiary/aromatic N) is 2. The first-order valence-corrected chi connectivity index (χ1v) is 11.8. The van der Waals surface area contributed by atoms with Crippen molar-refractivity contribution in [2.45, 2.75) is 17.0 Å². The van der Waals surface area contributed by atoms with Crippen molar-refractivity contribution in [1.82, 2.24) is 9.21 Å². The summed E-state index contributed by atoms with van der Waals surface area (Å²) in [6.07, 6.45) is -0.605. The second-order valence-electron chi connectivity index (χ2n) is 8.11. The standard InChI is InChI=1S/C24H20F2N2O4S/c1-27-21-13-28(33(30,31)17-5-3-2-4-6-17)14-23(21)32-22-11-15(7-9-19(22)24(27)29)18-10-8-16(25)12-20(18)26/h2-12,21,23H,13-14H2,1H3. The van der Waals surface area contributed by atoms with E-state index in [-0.39, 0.29) is 35.2 Å². The largest absolute Gasteiger partial charge is 0.486 e. The highest BCUT2D eigenvalue weighted by Gasteiger charge is 2.46. The second kappa shape index (κ2) is 7.93. The second-order valence-corrected chi connectivity index (χ2v) is 10.0. The van der Waals surface area contributed by atoms with Crippen LogP contribution < -0.4 is 4.74 Å². The quantitative estimate of drug-likeness (QED) is 0.588. The summed E-state index contributed by atoms with van der Waals surface area (Å²) < 4.78 is 61.3. The lowest BCUT2D eigenvalue weighted by molar-refractivity contribution is 0.0683. The predicted molar refractivity (Wildman–Crippen MR) is 117 cm³/mol. The van der Waals surface area contributed by atoms with Crippen molar-refractivity contribution in [2.24, 2.45) is 0 Å². The average molecular weight is 470 g/mol. The number of hydrogen-bond acceptors (Lipinski definition) is 4. The highest BCUT2D eigenvalue weighted by molar-refractivity contribution is 7.89. The molecule has 170 valence electrons. The Balaban J connectivity index is 1.49. The number of carbonyl (C=O) groups excluding carboxylic acids is 1. The van der Waals surface area contributed by atoms with Gasteiger partial charge in [-0.2, -0.15) is 4.31 Å². The zero-order valence-corrected chi connectivity index (χ0v) is 18.4. The Kier molecular flexibility index (Phi) is 5.18. The van der Waals surface area contributed by atoms with Gasteiger partial charge in [-0.25, -0.2) is 17.2 Å². The first-order valence-electron chi connectivity index (χ1n) is 10.3. The molecule has 0 bridgehead atoms. The third-order valence-electron chi connectivity index (χ3n) is 6.13. The topological polar surface area (TPSA) is 66.9 Å². The Hall–Kier alpha value is -3.30. The van der Waals surface area contributed by atoms with Gasteiger partial charge in [-0.1, -0.05) is 24.3 Å². The van der Waals surface area contributed by atoms with Crippen molar-refractivity contribution >= 4 is 15.9 Å². The van der Waals surface area contributed by atoms with Crippen LogP contribution in [0.2, 0.25) is 0 Å². The number of carbonyl (C=O) groups is 1. The van der Waals surface area contributed by atoms with Crippen molar-refractivity contribution in [1.29, 1.82) is 0 Å². The van der Waals surface area contributed by atoms with Crippen LogP contribution in [0, 0.1) is 11.6 Å². The molecule has 2 unspecified atom stereocenters. The fourth-order valence-electron chi connectivity index (χ4n) is 4.34. The Morgan fingerprint density at radius 2 is 1.67 bits per heavy atom. The third kappa shape index (κ3) is 3.67. The van der Waals surface area contributed by atoms with Gasteiger partial charge >= 0.3 is 0 Å². The molecule has 1 fully saturated rings. The summed E-state index contributed by atoms with van der Waals surface area (Å²) in [5, 5.41) is 0. The molecule has 2 heterocycles. The van der Waals surface area contributed by atoms with Crippen LogP contribution in [-0.4, -0.2) is 55.8 Å². The van der Waals surface area contributed by atoms with Gasteiger partial charge in [0.1, 0.15) is 23.5 Å². The van der Waals surface area contributed by atoms with Gasteiger partial charge in [-0.15, -0.1) is 0 Å². The number of sulfonamides is 1. The van der Waals surface area contributed by atoms with Crippen molar-refractivity contribution < 1.29 is 26.7 Å². The molecule has 1 saturated heterocycles. The monoisotopic (exact) mass is 470 g/mol. The van der Waals surface area contributed by atoms with Crippen molar-refractivity contribution in [2.75, 3.05) is 20.1 Å². The number of ether oxygens (including phenoxy) is 1. The summed E-state index contributed by atoms with van der Waals surface area (Å²) in [5.41, 5.74) is 0.895. The molecule has 0 radical (unpaired) electrons. The number of rotatable bonds is 3. The molecule has 0 saturated carbocycles. The lowest BCUT2D eigenvalue weighted by Gasteiger charge is -2.25. The maximum Gasteiger partial charge on any atom is 0.257 e. The Morgan fingerprint density at radius 1 is 0.939 bits per heavy atom. The van der Waals surface area contributed by atoms with Gasteiger partial charge in [0.15, 0.2) is 0 Å². The van der Waals surface area contributed by atoms with E-state index in [4.69, 9.17) is 4.74 Å². The number of benzene rings is 3. The summed E-state index contributed by atoms with van der Waals surface area (Å²) >= 11 is 0. The molecule has 0 spiro atoms. The average Bonchev–Trinajstić information content (AvgIpc) is 3.20. The smallest absolute Gasteiger partial charge is 0.257 e. The third-order valence-corrected chi connectivity index (χ3v) is 7.98. The minimum Gasteiger partial charge on any atom is -0.486 e. The highest BCUT2D eigenvalue weighted by atomic mass is 32.2. The van der Waals surface area contributed by atoms with Gasteiger partial charge in [0.05, 0.1) is 23.0 Å². The van der Waals surface area contributed by atoms with Crippen LogP contribution in [0.25, 0.3) is 11.1 Å². The summed E-state index contributed by atoms with van der Waals surface area (Å²) in [4.78, 5) is 14.8. The molecule has 9 heteroatoms. The molecule has 3 aromatic carbocycles. The van der Waals surface area contributed by atoms with Gasteiger partial charge in [-0.3, -0.25) is 4.79 Å². The van der Waals surface area contributed by atoms with E-state index < -0.39 is 33.8 Å². The summed E-state index contributed by atoms with van der Waals surface area (Å²) in [5.74, 6) is -1.50. The van der Waals surface area contributed by atoms with Crippen molar-refractivity contribution in [3.8, 4) is 16.9 Å². The van der Waals surface area contributed by atoms with E-state index >= 15 is 0 Å². The molecule has 0 N–H and O–H groups in total. The molecule has 33 heavy (non-hydrogen) atoms. The van der Waals surface area contributed by atoms with Gasteiger partial charge in [0.25, 0.3) is 5.91 Å². The van der Waals surface area contributed by atoms with E-state index in [1.54, 1.807) is 37.4 Å². The summed E-state index contributed by atoms with van der Waals surface area (Å²) in [7, 11) is -2.14. The first kappa shape index (κ1) is 21.5. The van der Waals surface area contributed by atoms with E-state index in [1.165, 1.54) is 33.5 Å². The van der Waals surface area contributed by atoms with Crippen LogP contribution in [0.15, 0.2) is 71.6 Å². The first-order chi connectivity index (χ1) is 15.8. The van der Waals surface area contributed by atoms with Gasteiger partial charge in [0, 0.05) is 25.2 Å². The van der Waals surface area contributed by atoms with E-state index in [9.17, 15) is 22.0 Å². The Labute approximate surface area is 190 Å². The molecule has 3 aromatic rings. The molecule has 2 aliphatic heterocycles. The van der Waals surface area contributed by atoms with Crippen molar-refractivity contribution in [3.05, 3.63) is 83.9 Å². The van der Waals surface area contributed by atoms with E-state index in [1.807, 2.05) is 0 Å². The molecule has 5 rings (SSSR count). The molecule has 1 amide bonds. The lowest BCUT2D eigenvalue weighted by Crippen LogP contribution is -2.44. The maximum atomic E-state index is 14.3. The van der Waals surface area contributed by atoms with Gasteiger partial charge < -0.3 is 9.64 Å². The number of amides is 1. The summed E-state index contributed by atoms with van der Waals surface area (Å²) in [6.45, 7) is 0.158. The van der Waals surface area contributed by atoms with Crippen molar-refractivity contribution in [3.63, 3.8) is 0 Å². The highest BCUT2D eigenvalue weighted by Crippen LogP contribution is 2.36. The number of fused-ring (bicyclic) bond motifs is 2. The van der Waals surface area contributed by atoms with Gasteiger partial charge in [-0.05, 0) is 42.0 Å². The number of halogens is 2. The van der Waals surface area contributed by atoms with Crippen LogP contribution in [0.1, 0.15) is 10.4 Å². The van der Waals surface area contributed by atoms with E-state index in [2.05, 4.69) is 0 Å². The van der Waals surface area contributed by atoms with Crippen LogP contribution in [0.5, 0.6) is 5.75 Å². The Morgan fingerprint density at radius 3 is 2.39 bits per heavy atom. The molecule has 2 atom stereocenters. The number of hydrogen-bond donors (Lipinski definition) is 0. The minimum atomic E-state index is -3.76. The Bertz CT molecular complexity index is 1350. The van der Waals surface area contributed by atoms with E-state index in [0.717, 1.165) is 12.1 Å². The molecule has 0 aromatic heterocycles. The zero-order chi connectivity index (χ0) is 23.3. The molecular formula is C24H20F2N2O4S. The fraction of sp³-hybridized carbons (Fsp3) is 0.208. The minimum absolute atomic E-state index is 0.0636.